The summed E-state index contributed by atoms with van der Waals surface area (Å²) in [4.78, 5) is 4.78. The minimum Gasteiger partial charge on any atom is -0.334 e. The second kappa shape index (κ2) is 5.49. The molecule has 1 saturated carbocycles. The van der Waals surface area contributed by atoms with Crippen molar-refractivity contribution in [1.29, 1.82) is 0 Å². The van der Waals surface area contributed by atoms with Gasteiger partial charge < -0.3 is 5.32 Å². The van der Waals surface area contributed by atoms with Gasteiger partial charge in [-0.05, 0) is 58.8 Å². The van der Waals surface area contributed by atoms with Gasteiger partial charge in [-0.1, -0.05) is 30.7 Å². The van der Waals surface area contributed by atoms with E-state index in [4.69, 9.17) is 4.99 Å². The van der Waals surface area contributed by atoms with Crippen LogP contribution in [0.2, 0.25) is 0 Å². The number of amidine groups is 1. The van der Waals surface area contributed by atoms with Crippen molar-refractivity contribution in [3.8, 4) is 0 Å². The third-order valence-electron chi connectivity index (χ3n) is 4.10. The lowest BCUT2D eigenvalue weighted by molar-refractivity contribution is 0.359. The molecule has 1 spiro atoms. The summed E-state index contributed by atoms with van der Waals surface area (Å²) in [5.41, 5.74) is 2.90. The molecule has 0 amide bonds. The number of aliphatic imine (C=N–C) groups is 1. The lowest BCUT2D eigenvalue weighted by Crippen LogP contribution is -2.30. The highest BCUT2D eigenvalue weighted by Crippen LogP contribution is 2.43. The van der Waals surface area contributed by atoms with Crippen molar-refractivity contribution in [3.63, 3.8) is 0 Å². The minimum atomic E-state index is 0.514. The van der Waals surface area contributed by atoms with Crippen molar-refractivity contribution in [3.05, 3.63) is 28.2 Å². The van der Waals surface area contributed by atoms with Crippen molar-refractivity contribution >= 4 is 38.5 Å². The average molecular weight is 339 g/mol. The molecule has 19 heavy (non-hydrogen) atoms. The van der Waals surface area contributed by atoms with E-state index < -0.39 is 0 Å². The molecule has 0 radical (unpaired) electrons. The summed E-state index contributed by atoms with van der Waals surface area (Å²) in [6.45, 7) is 3.12. The highest BCUT2D eigenvalue weighted by Gasteiger charge is 2.36. The largest absolute Gasteiger partial charge is 0.334 e. The predicted octanol–water partition coefficient (Wildman–Crippen LogP) is 4.83. The van der Waals surface area contributed by atoms with Gasteiger partial charge in [-0.3, -0.25) is 4.99 Å². The Kier molecular flexibility index (Phi) is 3.90. The van der Waals surface area contributed by atoms with Crippen LogP contribution in [0.15, 0.2) is 27.7 Å². The van der Waals surface area contributed by atoms with Gasteiger partial charge in [0, 0.05) is 16.8 Å². The smallest absolute Gasteiger partial charge is 0.161 e. The Morgan fingerprint density at radius 2 is 2.11 bits per heavy atom. The fourth-order valence-electron chi connectivity index (χ4n) is 2.91. The molecule has 1 aliphatic heterocycles. The number of anilines is 1. The monoisotopic (exact) mass is 338 g/mol. The Morgan fingerprint density at radius 1 is 1.32 bits per heavy atom. The van der Waals surface area contributed by atoms with E-state index in [1.165, 1.54) is 37.0 Å². The Labute approximate surface area is 127 Å². The Bertz CT molecular complexity index is 507. The number of benzene rings is 1. The zero-order chi connectivity index (χ0) is 13.3. The maximum Gasteiger partial charge on any atom is 0.161 e. The summed E-state index contributed by atoms with van der Waals surface area (Å²) in [5, 5.41) is 4.54. The molecule has 0 bridgehead atoms. The summed E-state index contributed by atoms with van der Waals surface area (Å²) < 4.78 is 1.10. The molecule has 3 rings (SSSR count). The molecule has 2 nitrogen and oxygen atoms in total. The van der Waals surface area contributed by atoms with E-state index in [-0.39, 0.29) is 0 Å². The number of nitrogens with zero attached hydrogens (tertiary/aromatic N) is 1. The zero-order valence-corrected chi connectivity index (χ0v) is 13.6. The molecule has 1 fully saturated rings. The molecule has 1 heterocycles. The lowest BCUT2D eigenvalue weighted by atomic mass is 9.89. The van der Waals surface area contributed by atoms with Gasteiger partial charge in [0.2, 0.25) is 0 Å². The molecule has 0 aromatic heterocycles. The normalized spacial score (nSPS) is 21.5. The maximum absolute atomic E-state index is 4.78. The summed E-state index contributed by atoms with van der Waals surface area (Å²) in [7, 11) is 0. The molecule has 0 saturated heterocycles. The van der Waals surface area contributed by atoms with E-state index in [1.54, 1.807) is 0 Å². The van der Waals surface area contributed by atoms with Crippen LogP contribution in [0.1, 0.15) is 31.2 Å². The van der Waals surface area contributed by atoms with Gasteiger partial charge in [-0.25, -0.2) is 0 Å². The molecule has 4 heteroatoms. The molecular weight excluding hydrogens is 320 g/mol. The number of thioether (sulfide) groups is 1. The molecule has 0 atom stereocenters. The molecule has 102 valence electrons. The van der Waals surface area contributed by atoms with Crippen molar-refractivity contribution in [2.45, 2.75) is 32.6 Å². The first kappa shape index (κ1) is 13.5. The Morgan fingerprint density at radius 3 is 2.79 bits per heavy atom. The van der Waals surface area contributed by atoms with Crippen molar-refractivity contribution in [2.75, 3.05) is 17.6 Å². The quantitative estimate of drug-likeness (QED) is 0.792. The number of rotatable bonds is 1. The molecule has 1 aliphatic carbocycles. The number of halogens is 1. The molecule has 0 unspecified atom stereocenters. The van der Waals surface area contributed by atoms with Crippen LogP contribution in [0.5, 0.6) is 0 Å². The number of nitrogens with one attached hydrogen (secondary N) is 1. The molecule has 2 aliphatic rings. The van der Waals surface area contributed by atoms with Gasteiger partial charge in [0.15, 0.2) is 5.17 Å². The summed E-state index contributed by atoms with van der Waals surface area (Å²) in [6, 6.07) is 6.36. The molecular formula is C15H19BrN2S. The van der Waals surface area contributed by atoms with E-state index in [1.807, 2.05) is 11.8 Å². The first-order valence-electron chi connectivity index (χ1n) is 6.87. The third kappa shape index (κ3) is 3.00. The van der Waals surface area contributed by atoms with E-state index in [2.05, 4.69) is 46.4 Å². The Balaban J connectivity index is 1.71. The van der Waals surface area contributed by atoms with Crippen molar-refractivity contribution in [1.82, 2.24) is 0 Å². The molecule has 1 aromatic rings. The predicted molar refractivity (Wildman–Crippen MR) is 88.2 cm³/mol. The van der Waals surface area contributed by atoms with Gasteiger partial charge in [0.1, 0.15) is 0 Å². The van der Waals surface area contributed by atoms with Gasteiger partial charge in [-0.15, -0.1) is 0 Å². The second-order valence-corrected chi connectivity index (χ2v) is 7.54. The highest BCUT2D eigenvalue weighted by molar-refractivity contribution is 9.10. The highest BCUT2D eigenvalue weighted by atomic mass is 79.9. The summed E-state index contributed by atoms with van der Waals surface area (Å²) >= 11 is 5.48. The van der Waals surface area contributed by atoms with Crippen LogP contribution >= 0.6 is 27.7 Å². The molecule has 1 aromatic carbocycles. The number of aryl methyl sites for hydroxylation is 1. The van der Waals surface area contributed by atoms with Gasteiger partial charge in [-0.2, -0.15) is 0 Å². The van der Waals surface area contributed by atoms with E-state index >= 15 is 0 Å². The van der Waals surface area contributed by atoms with Crippen LogP contribution in [-0.2, 0) is 0 Å². The fraction of sp³-hybridized carbons (Fsp3) is 0.533. The van der Waals surface area contributed by atoms with Crippen LogP contribution in [0.3, 0.4) is 0 Å². The zero-order valence-electron chi connectivity index (χ0n) is 11.2. The van der Waals surface area contributed by atoms with Crippen LogP contribution in [0.4, 0.5) is 5.69 Å². The van der Waals surface area contributed by atoms with E-state index in [0.29, 0.717) is 5.41 Å². The number of hydrogen-bond donors (Lipinski definition) is 1. The SMILES string of the molecule is Cc1ccc(Br)c(NC2=NCC3(CCCC3)CS2)c1. The minimum absolute atomic E-state index is 0.514. The van der Waals surface area contributed by atoms with Crippen molar-refractivity contribution in [2.24, 2.45) is 10.4 Å². The lowest BCUT2D eigenvalue weighted by Gasteiger charge is -2.31. The first-order chi connectivity index (χ1) is 9.17. The fourth-order valence-corrected chi connectivity index (χ4v) is 4.41. The second-order valence-electron chi connectivity index (χ2n) is 5.73. The Hall–Kier alpha value is -0.480. The van der Waals surface area contributed by atoms with Gasteiger partial charge >= 0.3 is 0 Å². The third-order valence-corrected chi connectivity index (χ3v) is 6.05. The standard InChI is InChI=1S/C15H19BrN2S/c1-11-4-5-12(16)13(8-11)18-14-17-9-15(10-19-14)6-2-3-7-15/h4-5,8H,2-3,6-7,9-10H2,1H3,(H,17,18). The van der Waals surface area contributed by atoms with Crippen LogP contribution in [0, 0.1) is 12.3 Å². The summed E-state index contributed by atoms with van der Waals surface area (Å²) in [6.07, 6.45) is 5.51. The van der Waals surface area contributed by atoms with Crippen LogP contribution < -0.4 is 5.32 Å². The van der Waals surface area contributed by atoms with Crippen molar-refractivity contribution < 1.29 is 0 Å². The number of hydrogen-bond acceptors (Lipinski definition) is 3. The van der Waals surface area contributed by atoms with E-state index in [0.717, 1.165) is 21.9 Å². The van der Waals surface area contributed by atoms with Crippen LogP contribution in [0.25, 0.3) is 0 Å². The topological polar surface area (TPSA) is 24.4 Å². The van der Waals surface area contributed by atoms with Gasteiger partial charge in [0.25, 0.3) is 0 Å². The van der Waals surface area contributed by atoms with E-state index in [9.17, 15) is 0 Å². The van der Waals surface area contributed by atoms with Gasteiger partial charge in [0.05, 0.1) is 5.69 Å². The first-order valence-corrected chi connectivity index (χ1v) is 8.65. The molecule has 1 N–H and O–H groups in total. The van der Waals surface area contributed by atoms with Crippen LogP contribution in [-0.4, -0.2) is 17.5 Å². The maximum atomic E-state index is 4.78. The average Bonchev–Trinajstić information content (AvgIpc) is 2.85. The summed E-state index contributed by atoms with van der Waals surface area (Å²) in [5.74, 6) is 1.22.